The molecule has 2 heterocycles. The number of benzene rings is 1. The molecule has 1 unspecified atom stereocenters. The number of carbonyl (C=O) groups is 1. The summed E-state index contributed by atoms with van der Waals surface area (Å²) < 4.78 is 8.84. The van der Waals surface area contributed by atoms with Crippen LogP contribution in [0.2, 0.25) is 0 Å². The number of carbonyl (C=O) groups excluding carboxylic acids is 1. The topological polar surface area (TPSA) is 68.5 Å². The van der Waals surface area contributed by atoms with Gasteiger partial charge >= 0.3 is 0 Å². The van der Waals surface area contributed by atoms with Crippen molar-refractivity contribution in [1.82, 2.24) is 14.6 Å². The van der Waals surface area contributed by atoms with Gasteiger partial charge in [-0.15, -0.1) is 5.10 Å². The lowest BCUT2D eigenvalue weighted by molar-refractivity contribution is -0.117. The summed E-state index contributed by atoms with van der Waals surface area (Å²) in [5, 5.41) is 7.32. The lowest BCUT2D eigenvalue weighted by Crippen LogP contribution is -2.15. The smallest absolute Gasteiger partial charge is 0.249 e. The molecule has 1 aliphatic carbocycles. The molecule has 1 amide bonds. The summed E-state index contributed by atoms with van der Waals surface area (Å²) in [6.07, 6.45) is 7.75. The Hall–Kier alpha value is -2.94. The van der Waals surface area contributed by atoms with Crippen LogP contribution in [0.5, 0.6) is 5.75 Å². The van der Waals surface area contributed by atoms with E-state index in [1.165, 1.54) is 0 Å². The Bertz CT molecular complexity index is 1210. The summed E-state index contributed by atoms with van der Waals surface area (Å²) in [5.41, 5.74) is 3.59. The van der Waals surface area contributed by atoms with Crippen molar-refractivity contribution in [3.8, 4) is 17.0 Å². The van der Waals surface area contributed by atoms with Gasteiger partial charge in [-0.1, -0.05) is 30.9 Å². The van der Waals surface area contributed by atoms with Crippen LogP contribution in [0.1, 0.15) is 26.7 Å². The predicted molar refractivity (Wildman–Crippen MR) is 136 cm³/mol. The van der Waals surface area contributed by atoms with E-state index in [0.717, 1.165) is 39.0 Å². The molecule has 0 radical (unpaired) electrons. The number of hydrogen-bond acceptors (Lipinski definition) is 4. The third-order valence-corrected chi connectivity index (χ3v) is 5.85. The first-order valence-electron chi connectivity index (χ1n) is 10.6. The van der Waals surface area contributed by atoms with E-state index in [1.54, 1.807) is 4.52 Å². The first kappa shape index (κ1) is 22.3. The molecule has 0 spiro atoms. The molecule has 6 nitrogen and oxygen atoms in total. The number of pyridine rings is 1. The second-order valence-electron chi connectivity index (χ2n) is 7.72. The summed E-state index contributed by atoms with van der Waals surface area (Å²) in [6, 6.07) is 13.7. The van der Waals surface area contributed by atoms with E-state index in [9.17, 15) is 4.79 Å². The Balaban J connectivity index is 1.54. The van der Waals surface area contributed by atoms with Crippen molar-refractivity contribution >= 4 is 40.1 Å². The van der Waals surface area contributed by atoms with Crippen molar-refractivity contribution in [2.75, 3.05) is 5.32 Å². The molecule has 7 heteroatoms. The van der Waals surface area contributed by atoms with Crippen LogP contribution >= 0.6 is 22.6 Å². The van der Waals surface area contributed by atoms with E-state index in [0.29, 0.717) is 11.6 Å². The SMILES string of the molecule is C=C(I)/C(=C\C=C/C)C(C)Oc1ccc(-c2cccc3nc(NC(=O)C4CC4)nn23)cc1. The fourth-order valence-electron chi connectivity index (χ4n) is 3.35. The van der Waals surface area contributed by atoms with E-state index in [4.69, 9.17) is 4.74 Å². The number of ether oxygens (including phenoxy) is 1. The molecule has 1 aliphatic rings. The summed E-state index contributed by atoms with van der Waals surface area (Å²) >= 11 is 2.22. The monoisotopic (exact) mass is 540 g/mol. The van der Waals surface area contributed by atoms with Crippen molar-refractivity contribution < 1.29 is 9.53 Å². The van der Waals surface area contributed by atoms with Gasteiger partial charge in [-0.3, -0.25) is 10.1 Å². The number of nitrogens with zero attached hydrogens (tertiary/aromatic N) is 3. The van der Waals surface area contributed by atoms with E-state index < -0.39 is 0 Å². The van der Waals surface area contributed by atoms with Gasteiger partial charge in [-0.25, -0.2) is 4.52 Å². The van der Waals surface area contributed by atoms with E-state index in [2.05, 4.69) is 44.6 Å². The quantitative estimate of drug-likeness (QED) is 0.283. The highest BCUT2D eigenvalue weighted by Gasteiger charge is 2.30. The largest absolute Gasteiger partial charge is 0.486 e. The molecule has 3 aromatic rings. The van der Waals surface area contributed by atoms with Crippen molar-refractivity contribution in [2.24, 2.45) is 5.92 Å². The van der Waals surface area contributed by atoms with Crippen LogP contribution in [-0.4, -0.2) is 26.6 Å². The third-order valence-electron chi connectivity index (χ3n) is 5.23. The van der Waals surface area contributed by atoms with Crippen LogP contribution in [0.15, 0.2) is 76.4 Å². The van der Waals surface area contributed by atoms with Gasteiger partial charge in [0.1, 0.15) is 11.9 Å². The number of anilines is 1. The Labute approximate surface area is 201 Å². The molecular weight excluding hydrogens is 515 g/mol. The summed E-state index contributed by atoms with van der Waals surface area (Å²) in [6.45, 7) is 8.04. The zero-order valence-corrected chi connectivity index (χ0v) is 20.2. The molecule has 0 bridgehead atoms. The number of nitrogens with one attached hydrogen (secondary N) is 1. The number of amides is 1. The lowest BCUT2D eigenvalue weighted by atomic mass is 10.1. The molecule has 1 atom stereocenters. The highest BCUT2D eigenvalue weighted by atomic mass is 127. The summed E-state index contributed by atoms with van der Waals surface area (Å²) in [4.78, 5) is 16.5. The molecule has 2 aromatic heterocycles. The van der Waals surface area contributed by atoms with Gasteiger partial charge in [0.15, 0.2) is 5.65 Å². The average Bonchev–Trinajstić information content (AvgIpc) is 3.54. The van der Waals surface area contributed by atoms with Crippen LogP contribution in [0.3, 0.4) is 0 Å². The maximum atomic E-state index is 12.1. The van der Waals surface area contributed by atoms with Crippen LogP contribution in [0.25, 0.3) is 16.9 Å². The van der Waals surface area contributed by atoms with Crippen molar-refractivity contribution in [3.05, 3.63) is 76.4 Å². The summed E-state index contributed by atoms with van der Waals surface area (Å²) in [7, 11) is 0. The minimum absolute atomic E-state index is 0.00453. The van der Waals surface area contributed by atoms with Gasteiger partial charge in [0.05, 0.1) is 5.69 Å². The standard InChI is InChI=1S/C25H25IN4O2/c1-4-5-7-21(16(2)26)17(3)32-20-14-12-18(13-15-20)22-8-6-9-23-27-25(29-30(22)23)28-24(31)19-10-11-19/h4-9,12-15,17,19H,2,10-11H2,1,3H3,(H,28,29,31)/b5-4-,21-7+. The molecule has 32 heavy (non-hydrogen) atoms. The fourth-order valence-corrected chi connectivity index (χ4v) is 3.97. The van der Waals surface area contributed by atoms with Gasteiger partial charge in [-0.2, -0.15) is 4.98 Å². The molecule has 1 fully saturated rings. The molecule has 4 rings (SSSR count). The zero-order chi connectivity index (χ0) is 22.7. The Morgan fingerprint density at radius 2 is 2.03 bits per heavy atom. The number of aromatic nitrogens is 3. The third kappa shape index (κ3) is 5.09. The van der Waals surface area contributed by atoms with E-state index >= 15 is 0 Å². The minimum Gasteiger partial charge on any atom is -0.486 e. The summed E-state index contributed by atoms with van der Waals surface area (Å²) in [5.74, 6) is 1.21. The maximum Gasteiger partial charge on any atom is 0.249 e. The number of halogens is 1. The molecule has 164 valence electrons. The van der Waals surface area contributed by atoms with Crippen molar-refractivity contribution in [3.63, 3.8) is 0 Å². The van der Waals surface area contributed by atoms with Crippen LogP contribution in [0, 0.1) is 5.92 Å². The molecule has 1 saturated carbocycles. The van der Waals surface area contributed by atoms with Gasteiger partial charge in [0.2, 0.25) is 11.9 Å². The zero-order valence-electron chi connectivity index (χ0n) is 18.1. The second kappa shape index (κ2) is 9.68. The van der Waals surface area contributed by atoms with Gasteiger partial charge < -0.3 is 4.74 Å². The van der Waals surface area contributed by atoms with E-state index in [1.807, 2.05) is 74.5 Å². The molecule has 0 saturated heterocycles. The number of hydrogen-bond donors (Lipinski definition) is 1. The number of fused-ring (bicyclic) bond motifs is 1. The van der Waals surface area contributed by atoms with Gasteiger partial charge in [-0.05, 0) is 85.7 Å². The lowest BCUT2D eigenvalue weighted by Gasteiger charge is -2.18. The Morgan fingerprint density at radius 3 is 2.69 bits per heavy atom. The average molecular weight is 540 g/mol. The Kier molecular flexibility index (Phi) is 6.74. The fraction of sp³-hybridized carbons (Fsp3) is 0.240. The van der Waals surface area contributed by atoms with E-state index in [-0.39, 0.29) is 17.9 Å². The predicted octanol–water partition coefficient (Wildman–Crippen LogP) is 5.96. The molecule has 1 aromatic carbocycles. The highest BCUT2D eigenvalue weighted by Crippen LogP contribution is 2.30. The van der Waals surface area contributed by atoms with Crippen LogP contribution < -0.4 is 10.1 Å². The van der Waals surface area contributed by atoms with Crippen molar-refractivity contribution in [1.29, 1.82) is 0 Å². The highest BCUT2D eigenvalue weighted by molar-refractivity contribution is 14.1. The molecular formula is C25H25IN4O2. The van der Waals surface area contributed by atoms with Crippen LogP contribution in [-0.2, 0) is 4.79 Å². The van der Waals surface area contributed by atoms with Gasteiger partial charge in [0.25, 0.3) is 0 Å². The minimum atomic E-state index is -0.127. The van der Waals surface area contributed by atoms with Gasteiger partial charge in [0, 0.05) is 20.6 Å². The normalized spacial score (nSPS) is 15.2. The van der Waals surface area contributed by atoms with Crippen molar-refractivity contribution in [2.45, 2.75) is 32.8 Å². The Morgan fingerprint density at radius 1 is 1.28 bits per heavy atom. The number of allylic oxidation sites excluding steroid dienone is 3. The first-order chi connectivity index (χ1) is 15.5. The molecule has 1 N–H and O–H groups in total. The maximum absolute atomic E-state index is 12.1. The number of rotatable bonds is 8. The second-order valence-corrected chi connectivity index (χ2v) is 9.02. The first-order valence-corrected chi connectivity index (χ1v) is 11.7. The molecule has 0 aliphatic heterocycles. The van der Waals surface area contributed by atoms with Crippen LogP contribution in [0.4, 0.5) is 5.95 Å².